The van der Waals surface area contributed by atoms with Gasteiger partial charge in [0.15, 0.2) is 11.5 Å². The van der Waals surface area contributed by atoms with Crippen molar-refractivity contribution in [2.45, 2.75) is 20.0 Å². The monoisotopic (exact) mass is 206 g/mol. The van der Waals surface area contributed by atoms with Gasteiger partial charge in [-0.3, -0.25) is 4.40 Å². The Hall–Kier alpha value is -1.62. The lowest BCUT2D eigenvalue weighted by atomic mass is 10.4. The first-order chi connectivity index (χ1) is 7.31. The van der Waals surface area contributed by atoms with Crippen molar-refractivity contribution in [3.05, 3.63) is 24.2 Å². The summed E-state index contributed by atoms with van der Waals surface area (Å²) in [7, 11) is 0. The molecule has 0 fully saturated rings. The predicted molar refractivity (Wildman–Crippen MR) is 57.3 cm³/mol. The van der Waals surface area contributed by atoms with Gasteiger partial charge in [0.25, 0.3) is 0 Å². The molecular formula is C10H14N4O. The zero-order chi connectivity index (χ0) is 10.7. The first-order valence-corrected chi connectivity index (χ1v) is 4.98. The molecule has 2 N–H and O–H groups in total. The topological polar surface area (TPSA) is 65.4 Å². The highest BCUT2D eigenvalue weighted by molar-refractivity contribution is 5.46. The van der Waals surface area contributed by atoms with Crippen molar-refractivity contribution >= 4 is 11.3 Å². The molecule has 0 spiro atoms. The maximum atomic E-state index is 5.69. The molecule has 5 nitrogen and oxygen atoms in total. The van der Waals surface area contributed by atoms with E-state index >= 15 is 0 Å². The minimum Gasteiger partial charge on any atom is -0.398 e. The lowest BCUT2D eigenvalue weighted by Crippen LogP contribution is -2.00. The summed E-state index contributed by atoms with van der Waals surface area (Å²) in [6.07, 6.45) is 2.80. The van der Waals surface area contributed by atoms with E-state index in [2.05, 4.69) is 17.1 Å². The van der Waals surface area contributed by atoms with Gasteiger partial charge in [-0.05, 0) is 18.6 Å². The van der Waals surface area contributed by atoms with Crippen LogP contribution in [0.4, 0.5) is 5.69 Å². The van der Waals surface area contributed by atoms with E-state index in [1.807, 2.05) is 10.5 Å². The number of hydrogen-bond donors (Lipinski definition) is 1. The maximum Gasteiger partial charge on any atom is 0.163 e. The van der Waals surface area contributed by atoms with Crippen LogP contribution in [0.3, 0.4) is 0 Å². The van der Waals surface area contributed by atoms with Gasteiger partial charge < -0.3 is 10.5 Å². The Kier molecular flexibility index (Phi) is 2.82. The third kappa shape index (κ3) is 2.07. The summed E-state index contributed by atoms with van der Waals surface area (Å²) < 4.78 is 7.26. The molecule has 2 aromatic rings. The highest BCUT2D eigenvalue weighted by Gasteiger charge is 2.04. The SMILES string of the molecule is CCCOCc1nnc2ccc(N)cn12. The Balaban J connectivity index is 2.23. The van der Waals surface area contributed by atoms with Gasteiger partial charge in [0.1, 0.15) is 6.61 Å². The molecule has 0 radical (unpaired) electrons. The molecule has 0 aliphatic heterocycles. The molecule has 0 amide bonds. The fraction of sp³-hybridized carbons (Fsp3) is 0.400. The highest BCUT2D eigenvalue weighted by atomic mass is 16.5. The summed E-state index contributed by atoms with van der Waals surface area (Å²) in [6, 6.07) is 3.65. The Morgan fingerprint density at radius 3 is 3.07 bits per heavy atom. The molecular weight excluding hydrogens is 192 g/mol. The fourth-order valence-corrected chi connectivity index (χ4v) is 1.36. The van der Waals surface area contributed by atoms with Crippen molar-refractivity contribution in [1.82, 2.24) is 14.6 Å². The Bertz CT molecular complexity index is 452. The normalized spacial score (nSPS) is 11.0. The number of nitrogen functional groups attached to an aromatic ring is 1. The summed E-state index contributed by atoms with van der Waals surface area (Å²) in [6.45, 7) is 3.27. The number of nitrogens with zero attached hydrogens (tertiary/aromatic N) is 3. The van der Waals surface area contributed by atoms with E-state index < -0.39 is 0 Å². The molecule has 15 heavy (non-hydrogen) atoms. The minimum atomic E-state index is 0.471. The molecule has 0 unspecified atom stereocenters. The van der Waals surface area contributed by atoms with E-state index in [1.54, 1.807) is 12.3 Å². The van der Waals surface area contributed by atoms with E-state index in [-0.39, 0.29) is 0 Å². The van der Waals surface area contributed by atoms with Crippen LogP contribution in [0, 0.1) is 0 Å². The van der Waals surface area contributed by atoms with Gasteiger partial charge in [-0.25, -0.2) is 0 Å². The Labute approximate surface area is 87.9 Å². The third-order valence-electron chi connectivity index (χ3n) is 2.08. The first kappa shape index (κ1) is 9.92. The maximum absolute atomic E-state index is 5.69. The molecule has 0 aliphatic rings. The predicted octanol–water partition coefficient (Wildman–Crippen LogP) is 1.24. The number of hydrogen-bond acceptors (Lipinski definition) is 4. The first-order valence-electron chi connectivity index (χ1n) is 4.98. The number of rotatable bonds is 4. The van der Waals surface area contributed by atoms with Gasteiger partial charge in [-0.15, -0.1) is 10.2 Å². The number of anilines is 1. The van der Waals surface area contributed by atoms with Crippen LogP contribution in [0.15, 0.2) is 18.3 Å². The van der Waals surface area contributed by atoms with Crippen LogP contribution in [0.5, 0.6) is 0 Å². The zero-order valence-corrected chi connectivity index (χ0v) is 8.68. The van der Waals surface area contributed by atoms with Gasteiger partial charge in [0, 0.05) is 18.5 Å². The molecule has 2 aromatic heterocycles. The van der Waals surface area contributed by atoms with Crippen LogP contribution in [-0.4, -0.2) is 21.2 Å². The van der Waals surface area contributed by atoms with Crippen molar-refractivity contribution < 1.29 is 4.74 Å². The highest BCUT2D eigenvalue weighted by Crippen LogP contribution is 2.08. The molecule has 2 heterocycles. The largest absolute Gasteiger partial charge is 0.398 e. The second-order valence-electron chi connectivity index (χ2n) is 3.36. The minimum absolute atomic E-state index is 0.471. The third-order valence-corrected chi connectivity index (χ3v) is 2.08. The molecule has 2 rings (SSSR count). The Morgan fingerprint density at radius 2 is 2.27 bits per heavy atom. The average molecular weight is 206 g/mol. The zero-order valence-electron chi connectivity index (χ0n) is 8.68. The van der Waals surface area contributed by atoms with Crippen molar-refractivity contribution in [3.63, 3.8) is 0 Å². The fourth-order valence-electron chi connectivity index (χ4n) is 1.36. The van der Waals surface area contributed by atoms with E-state index in [9.17, 15) is 0 Å². The molecule has 0 aliphatic carbocycles. The lowest BCUT2D eigenvalue weighted by molar-refractivity contribution is 0.115. The van der Waals surface area contributed by atoms with Crippen LogP contribution in [0.2, 0.25) is 0 Å². The second-order valence-corrected chi connectivity index (χ2v) is 3.36. The smallest absolute Gasteiger partial charge is 0.163 e. The Morgan fingerprint density at radius 1 is 1.40 bits per heavy atom. The molecule has 0 atom stereocenters. The van der Waals surface area contributed by atoms with Crippen molar-refractivity contribution in [3.8, 4) is 0 Å². The molecule has 5 heteroatoms. The molecule has 0 saturated carbocycles. The molecule has 0 bridgehead atoms. The van der Waals surface area contributed by atoms with E-state index in [0.29, 0.717) is 12.3 Å². The van der Waals surface area contributed by atoms with Gasteiger partial charge >= 0.3 is 0 Å². The standard InChI is InChI=1S/C10H14N4O/c1-2-5-15-7-10-13-12-9-4-3-8(11)6-14(9)10/h3-4,6H,2,5,7,11H2,1H3. The number of pyridine rings is 1. The van der Waals surface area contributed by atoms with Gasteiger partial charge in [-0.2, -0.15) is 0 Å². The van der Waals surface area contributed by atoms with Crippen molar-refractivity contribution in [2.24, 2.45) is 0 Å². The number of fused-ring (bicyclic) bond motifs is 1. The van der Waals surface area contributed by atoms with Crippen LogP contribution in [0.25, 0.3) is 5.65 Å². The molecule has 0 aromatic carbocycles. The summed E-state index contributed by atoms with van der Waals surface area (Å²) in [5, 5.41) is 8.06. The van der Waals surface area contributed by atoms with Crippen LogP contribution in [0.1, 0.15) is 19.2 Å². The van der Waals surface area contributed by atoms with Crippen molar-refractivity contribution in [1.29, 1.82) is 0 Å². The average Bonchev–Trinajstić information content (AvgIpc) is 2.62. The van der Waals surface area contributed by atoms with Gasteiger partial charge in [-0.1, -0.05) is 6.92 Å². The lowest BCUT2D eigenvalue weighted by Gasteiger charge is -2.01. The number of nitrogens with two attached hydrogens (primary N) is 1. The number of ether oxygens (including phenoxy) is 1. The summed E-state index contributed by atoms with van der Waals surface area (Å²) >= 11 is 0. The van der Waals surface area contributed by atoms with E-state index in [0.717, 1.165) is 24.5 Å². The molecule has 80 valence electrons. The van der Waals surface area contributed by atoms with Crippen LogP contribution >= 0.6 is 0 Å². The second kappa shape index (κ2) is 4.27. The summed E-state index contributed by atoms with van der Waals surface area (Å²) in [4.78, 5) is 0. The quantitative estimate of drug-likeness (QED) is 0.764. The van der Waals surface area contributed by atoms with E-state index in [1.165, 1.54) is 0 Å². The summed E-state index contributed by atoms with van der Waals surface area (Å²) in [5.74, 6) is 0.783. The van der Waals surface area contributed by atoms with Gasteiger partial charge in [0.2, 0.25) is 0 Å². The summed E-state index contributed by atoms with van der Waals surface area (Å²) in [5.41, 5.74) is 7.17. The molecule has 0 saturated heterocycles. The van der Waals surface area contributed by atoms with Gasteiger partial charge in [0.05, 0.1) is 0 Å². The number of aromatic nitrogens is 3. The van der Waals surface area contributed by atoms with Crippen molar-refractivity contribution in [2.75, 3.05) is 12.3 Å². The van der Waals surface area contributed by atoms with Crippen LogP contribution in [-0.2, 0) is 11.3 Å². The van der Waals surface area contributed by atoms with Crippen LogP contribution < -0.4 is 5.73 Å². The van der Waals surface area contributed by atoms with E-state index in [4.69, 9.17) is 10.5 Å².